The van der Waals surface area contributed by atoms with Gasteiger partial charge in [-0.3, -0.25) is 14.3 Å². The van der Waals surface area contributed by atoms with E-state index in [0.29, 0.717) is 25.9 Å². The maximum Gasteiger partial charge on any atom is 0.240 e. The first-order chi connectivity index (χ1) is 8.61. The number of hydrogen-bond acceptors (Lipinski definition) is 4. The molecule has 0 spiro atoms. The zero-order valence-corrected chi connectivity index (χ0v) is 10.3. The van der Waals surface area contributed by atoms with Crippen LogP contribution < -0.4 is 5.73 Å². The summed E-state index contributed by atoms with van der Waals surface area (Å²) in [6.07, 6.45) is 4.35. The van der Waals surface area contributed by atoms with Crippen molar-refractivity contribution < 1.29 is 9.59 Å². The van der Waals surface area contributed by atoms with Crippen molar-refractivity contribution in [3.8, 4) is 0 Å². The van der Waals surface area contributed by atoms with Gasteiger partial charge >= 0.3 is 0 Å². The lowest BCUT2D eigenvalue weighted by atomic mass is 10.1. The third-order valence-corrected chi connectivity index (χ3v) is 3.25. The molecule has 7 nitrogen and oxygen atoms in total. The SMILES string of the molecule is CCC(C(N)=O)N1CC(Cn2ccnn2)CC1=O. The van der Waals surface area contributed by atoms with Crippen LogP contribution in [-0.4, -0.2) is 44.3 Å². The van der Waals surface area contributed by atoms with Gasteiger partial charge in [0.1, 0.15) is 6.04 Å². The van der Waals surface area contributed by atoms with Crippen molar-refractivity contribution in [2.24, 2.45) is 11.7 Å². The molecule has 2 heterocycles. The molecule has 2 amide bonds. The average molecular weight is 251 g/mol. The number of likely N-dealkylation sites (tertiary alicyclic amines) is 1. The Morgan fingerprint density at radius 2 is 2.44 bits per heavy atom. The van der Waals surface area contributed by atoms with Crippen LogP contribution in [0, 0.1) is 5.92 Å². The molecule has 0 saturated carbocycles. The number of aromatic nitrogens is 3. The zero-order valence-electron chi connectivity index (χ0n) is 10.3. The Labute approximate surface area is 105 Å². The fourth-order valence-corrected chi connectivity index (χ4v) is 2.40. The van der Waals surface area contributed by atoms with E-state index in [-0.39, 0.29) is 11.8 Å². The highest BCUT2D eigenvalue weighted by atomic mass is 16.2. The molecule has 2 atom stereocenters. The molecule has 2 N–H and O–H groups in total. The van der Waals surface area contributed by atoms with Crippen LogP contribution in [0.1, 0.15) is 19.8 Å². The van der Waals surface area contributed by atoms with Gasteiger partial charge in [-0.2, -0.15) is 0 Å². The van der Waals surface area contributed by atoms with Gasteiger partial charge in [0.15, 0.2) is 0 Å². The van der Waals surface area contributed by atoms with Gasteiger partial charge in [0.25, 0.3) is 0 Å². The first-order valence-corrected chi connectivity index (χ1v) is 6.04. The number of carbonyl (C=O) groups excluding carboxylic acids is 2. The summed E-state index contributed by atoms with van der Waals surface area (Å²) < 4.78 is 1.70. The second-order valence-electron chi connectivity index (χ2n) is 4.57. The Bertz CT molecular complexity index is 431. The lowest BCUT2D eigenvalue weighted by molar-refractivity contribution is -0.136. The molecular formula is C11H17N5O2. The van der Waals surface area contributed by atoms with Crippen LogP contribution >= 0.6 is 0 Å². The topological polar surface area (TPSA) is 94.1 Å². The number of amides is 2. The maximum absolute atomic E-state index is 11.9. The second-order valence-corrected chi connectivity index (χ2v) is 4.57. The van der Waals surface area contributed by atoms with Crippen LogP contribution in [0.2, 0.25) is 0 Å². The number of hydrogen-bond donors (Lipinski definition) is 1. The summed E-state index contributed by atoms with van der Waals surface area (Å²) in [6.45, 7) is 3.05. The third-order valence-electron chi connectivity index (χ3n) is 3.25. The molecule has 2 unspecified atom stereocenters. The van der Waals surface area contributed by atoms with E-state index in [1.807, 2.05) is 6.92 Å². The number of nitrogens with zero attached hydrogens (tertiary/aromatic N) is 4. The smallest absolute Gasteiger partial charge is 0.240 e. The van der Waals surface area contributed by atoms with E-state index < -0.39 is 11.9 Å². The molecular weight excluding hydrogens is 234 g/mol. The van der Waals surface area contributed by atoms with E-state index in [1.54, 1.807) is 22.0 Å². The van der Waals surface area contributed by atoms with E-state index in [4.69, 9.17) is 5.73 Å². The molecule has 1 aliphatic rings. The van der Waals surface area contributed by atoms with Crippen molar-refractivity contribution in [1.29, 1.82) is 0 Å². The number of carbonyl (C=O) groups is 2. The molecule has 1 aromatic heterocycles. The van der Waals surface area contributed by atoms with Crippen molar-refractivity contribution >= 4 is 11.8 Å². The van der Waals surface area contributed by atoms with Crippen molar-refractivity contribution in [3.63, 3.8) is 0 Å². The van der Waals surface area contributed by atoms with Crippen LogP contribution in [0.4, 0.5) is 0 Å². The van der Waals surface area contributed by atoms with Crippen molar-refractivity contribution in [2.45, 2.75) is 32.4 Å². The molecule has 1 aliphatic heterocycles. The van der Waals surface area contributed by atoms with Gasteiger partial charge in [0, 0.05) is 31.6 Å². The summed E-state index contributed by atoms with van der Waals surface area (Å²) in [6, 6.07) is -0.488. The highest BCUT2D eigenvalue weighted by Gasteiger charge is 2.36. The third kappa shape index (κ3) is 2.49. The van der Waals surface area contributed by atoms with Gasteiger partial charge in [0.2, 0.25) is 11.8 Å². The highest BCUT2D eigenvalue weighted by Crippen LogP contribution is 2.22. The highest BCUT2D eigenvalue weighted by molar-refractivity contribution is 5.87. The van der Waals surface area contributed by atoms with Crippen molar-refractivity contribution in [3.05, 3.63) is 12.4 Å². The Balaban J connectivity index is 2.00. The Kier molecular flexibility index (Phi) is 3.59. The van der Waals surface area contributed by atoms with E-state index in [9.17, 15) is 9.59 Å². The normalized spacial score (nSPS) is 21.3. The molecule has 0 aliphatic carbocycles. The van der Waals surface area contributed by atoms with Crippen molar-refractivity contribution in [2.75, 3.05) is 6.54 Å². The fraction of sp³-hybridized carbons (Fsp3) is 0.636. The van der Waals surface area contributed by atoms with Crippen LogP contribution in [0.25, 0.3) is 0 Å². The minimum absolute atomic E-state index is 0.00855. The summed E-state index contributed by atoms with van der Waals surface area (Å²) in [5.74, 6) is -0.286. The minimum Gasteiger partial charge on any atom is -0.368 e. The number of rotatable bonds is 5. The predicted octanol–water partition coefficient (Wildman–Crippen LogP) is -0.609. The maximum atomic E-state index is 11.9. The van der Waals surface area contributed by atoms with Gasteiger partial charge in [-0.15, -0.1) is 5.10 Å². The Morgan fingerprint density at radius 1 is 1.67 bits per heavy atom. The molecule has 0 radical (unpaired) electrons. The van der Waals surface area contributed by atoms with E-state index in [0.717, 1.165) is 0 Å². The first kappa shape index (κ1) is 12.5. The summed E-state index contributed by atoms with van der Waals surface area (Å²) in [7, 11) is 0. The summed E-state index contributed by atoms with van der Waals surface area (Å²) in [5, 5.41) is 7.60. The van der Waals surface area contributed by atoms with E-state index >= 15 is 0 Å². The van der Waals surface area contributed by atoms with Crippen LogP contribution in [0.5, 0.6) is 0 Å². The molecule has 18 heavy (non-hydrogen) atoms. The molecule has 0 bridgehead atoms. The molecule has 1 saturated heterocycles. The average Bonchev–Trinajstić information content (AvgIpc) is 2.91. The van der Waals surface area contributed by atoms with Gasteiger partial charge in [0.05, 0.1) is 6.20 Å². The quantitative estimate of drug-likeness (QED) is 0.755. The van der Waals surface area contributed by atoms with Gasteiger partial charge < -0.3 is 10.6 Å². The predicted molar refractivity (Wildman–Crippen MR) is 63.1 cm³/mol. The molecule has 0 aromatic carbocycles. The summed E-state index contributed by atoms with van der Waals surface area (Å²) >= 11 is 0. The van der Waals surface area contributed by atoms with Gasteiger partial charge in [-0.1, -0.05) is 12.1 Å². The van der Waals surface area contributed by atoms with Gasteiger partial charge in [-0.25, -0.2) is 0 Å². The summed E-state index contributed by atoms with van der Waals surface area (Å²) in [5.41, 5.74) is 5.31. The summed E-state index contributed by atoms with van der Waals surface area (Å²) in [4.78, 5) is 24.8. The van der Waals surface area contributed by atoms with E-state index in [1.165, 1.54) is 0 Å². The first-order valence-electron chi connectivity index (χ1n) is 6.04. The standard InChI is InChI=1S/C11H17N5O2/c1-2-9(11(12)18)16-7-8(5-10(16)17)6-15-4-3-13-14-15/h3-4,8-9H,2,5-7H2,1H3,(H2,12,18). The largest absolute Gasteiger partial charge is 0.368 e. The fourth-order valence-electron chi connectivity index (χ4n) is 2.40. The van der Waals surface area contributed by atoms with Crippen LogP contribution in [0.3, 0.4) is 0 Å². The number of nitrogens with two attached hydrogens (primary N) is 1. The molecule has 7 heteroatoms. The van der Waals surface area contributed by atoms with Crippen LogP contribution in [-0.2, 0) is 16.1 Å². The molecule has 1 aromatic rings. The monoisotopic (exact) mass is 251 g/mol. The second kappa shape index (κ2) is 5.16. The molecule has 2 rings (SSSR count). The Hall–Kier alpha value is -1.92. The minimum atomic E-state index is -0.488. The molecule has 98 valence electrons. The van der Waals surface area contributed by atoms with E-state index in [2.05, 4.69) is 10.3 Å². The van der Waals surface area contributed by atoms with Crippen LogP contribution in [0.15, 0.2) is 12.4 Å². The molecule has 1 fully saturated rings. The Morgan fingerprint density at radius 3 is 3.00 bits per heavy atom. The van der Waals surface area contributed by atoms with Gasteiger partial charge in [-0.05, 0) is 6.42 Å². The lowest BCUT2D eigenvalue weighted by Crippen LogP contribution is -2.45. The zero-order chi connectivity index (χ0) is 13.1. The lowest BCUT2D eigenvalue weighted by Gasteiger charge is -2.24. The number of primary amides is 1. The van der Waals surface area contributed by atoms with Crippen molar-refractivity contribution in [1.82, 2.24) is 19.9 Å².